The molecule has 0 aromatic carbocycles. The van der Waals surface area contributed by atoms with Crippen molar-refractivity contribution in [3.63, 3.8) is 0 Å². The van der Waals surface area contributed by atoms with Crippen LogP contribution in [0.3, 0.4) is 0 Å². The number of ether oxygens (including phenoxy) is 1. The van der Waals surface area contributed by atoms with Gasteiger partial charge < -0.3 is 14.5 Å². The van der Waals surface area contributed by atoms with Gasteiger partial charge in [-0.1, -0.05) is 6.07 Å². The summed E-state index contributed by atoms with van der Waals surface area (Å²) in [5.41, 5.74) is -0.538. The predicted molar refractivity (Wildman–Crippen MR) is 108 cm³/mol. The van der Waals surface area contributed by atoms with Crippen molar-refractivity contribution >= 4 is 29.2 Å². The lowest BCUT2D eigenvalue weighted by molar-refractivity contribution is -0.00312. The van der Waals surface area contributed by atoms with E-state index in [0.29, 0.717) is 19.6 Å². The van der Waals surface area contributed by atoms with Crippen LogP contribution in [-0.2, 0) is 4.74 Å². The van der Waals surface area contributed by atoms with Crippen LogP contribution in [-0.4, -0.2) is 76.1 Å². The molecule has 3 aliphatic heterocycles. The van der Waals surface area contributed by atoms with Crippen molar-refractivity contribution in [1.29, 1.82) is 0 Å². The van der Waals surface area contributed by atoms with Crippen LogP contribution in [0.25, 0.3) is 0 Å². The number of amides is 2. The van der Waals surface area contributed by atoms with Gasteiger partial charge in [-0.05, 0) is 24.4 Å². The molecular weight excluding hydrogens is 390 g/mol. The maximum Gasteiger partial charge on any atom is 0.410 e. The highest BCUT2D eigenvalue weighted by Crippen LogP contribution is 2.41. The number of carbonyl (C=O) groups excluding carboxylic acids is 2. The summed E-state index contributed by atoms with van der Waals surface area (Å²) in [5, 5.41) is 1.91. The van der Waals surface area contributed by atoms with Crippen LogP contribution in [0.15, 0.2) is 29.8 Å². The van der Waals surface area contributed by atoms with Crippen molar-refractivity contribution < 1.29 is 14.3 Å². The molecule has 0 radical (unpaired) electrons. The van der Waals surface area contributed by atoms with Crippen LogP contribution in [0.4, 0.5) is 10.6 Å². The minimum absolute atomic E-state index is 0.0445. The first kappa shape index (κ1) is 18.4. The number of carbonyl (C=O) groups is 2. The van der Waals surface area contributed by atoms with Gasteiger partial charge in [-0.15, -0.1) is 11.3 Å². The molecule has 2 aromatic rings. The molecule has 9 heteroatoms. The first-order valence-corrected chi connectivity index (χ1v) is 10.8. The van der Waals surface area contributed by atoms with Gasteiger partial charge in [0.15, 0.2) is 0 Å². The number of anilines is 1. The lowest BCUT2D eigenvalue weighted by Gasteiger charge is -2.45. The third kappa shape index (κ3) is 3.13. The maximum absolute atomic E-state index is 12.8. The molecule has 8 nitrogen and oxygen atoms in total. The summed E-state index contributed by atoms with van der Waals surface area (Å²) in [4.78, 5) is 40.7. The highest BCUT2D eigenvalue weighted by molar-refractivity contribution is 7.12. The fraction of sp³-hybridized carbons (Fsp3) is 0.500. The number of nitrogens with zero attached hydrogens (tertiary/aromatic N) is 5. The monoisotopic (exact) mass is 413 g/mol. The highest BCUT2D eigenvalue weighted by atomic mass is 32.1. The quantitative estimate of drug-likeness (QED) is 0.751. The lowest BCUT2D eigenvalue weighted by Crippen LogP contribution is -2.61. The number of aromatic nitrogens is 2. The van der Waals surface area contributed by atoms with Gasteiger partial charge in [0.1, 0.15) is 17.2 Å². The van der Waals surface area contributed by atoms with Crippen molar-refractivity contribution in [3.05, 3.63) is 40.5 Å². The molecule has 0 bridgehead atoms. The molecule has 2 aromatic heterocycles. The second-order valence-electron chi connectivity index (χ2n) is 7.82. The molecule has 0 aliphatic carbocycles. The number of rotatable bonds is 2. The van der Waals surface area contributed by atoms with Crippen molar-refractivity contribution in [3.8, 4) is 0 Å². The van der Waals surface area contributed by atoms with E-state index in [4.69, 9.17) is 4.74 Å². The summed E-state index contributed by atoms with van der Waals surface area (Å²) in [6.07, 6.45) is 2.98. The van der Waals surface area contributed by atoms with Gasteiger partial charge in [-0.3, -0.25) is 9.69 Å². The second kappa shape index (κ2) is 6.98. The zero-order chi connectivity index (χ0) is 20.0. The van der Waals surface area contributed by atoms with E-state index >= 15 is 0 Å². The van der Waals surface area contributed by atoms with E-state index in [0.717, 1.165) is 42.5 Å². The Hall–Kier alpha value is -2.68. The summed E-state index contributed by atoms with van der Waals surface area (Å²) in [5.74, 6) is 1.70. The number of hydrogen-bond donors (Lipinski definition) is 0. The third-order valence-electron chi connectivity index (χ3n) is 6.23. The van der Waals surface area contributed by atoms with Gasteiger partial charge in [0.2, 0.25) is 0 Å². The zero-order valence-corrected chi connectivity index (χ0v) is 17.1. The number of fused-ring (bicyclic) bond motifs is 2. The summed E-state index contributed by atoms with van der Waals surface area (Å²) in [6, 6.07) is 5.57. The lowest BCUT2D eigenvalue weighted by atomic mass is 9.83. The summed E-state index contributed by atoms with van der Waals surface area (Å²) >= 11 is 1.45. The van der Waals surface area contributed by atoms with E-state index in [9.17, 15) is 9.59 Å². The summed E-state index contributed by atoms with van der Waals surface area (Å²) in [6.45, 7) is 4.99. The Morgan fingerprint density at radius 2 is 2.07 bits per heavy atom. The van der Waals surface area contributed by atoms with Crippen LogP contribution >= 0.6 is 11.3 Å². The highest BCUT2D eigenvalue weighted by Gasteiger charge is 2.57. The van der Waals surface area contributed by atoms with Crippen LogP contribution in [0.2, 0.25) is 0 Å². The number of aryl methyl sites for hydroxylation is 1. The minimum atomic E-state index is -0.538. The SMILES string of the molecule is Cc1nccc(N2CCC3(CC2)OC(=O)N2CCN(C(=O)c4cccs4)CC23)n1. The van der Waals surface area contributed by atoms with E-state index in [1.165, 1.54) is 11.3 Å². The second-order valence-corrected chi connectivity index (χ2v) is 8.77. The Kier molecular flexibility index (Phi) is 4.42. The Balaban J connectivity index is 1.33. The van der Waals surface area contributed by atoms with E-state index < -0.39 is 5.60 Å². The van der Waals surface area contributed by atoms with E-state index in [2.05, 4.69) is 14.9 Å². The van der Waals surface area contributed by atoms with Gasteiger partial charge >= 0.3 is 6.09 Å². The van der Waals surface area contributed by atoms with E-state index in [-0.39, 0.29) is 18.0 Å². The Morgan fingerprint density at radius 1 is 1.24 bits per heavy atom. The summed E-state index contributed by atoms with van der Waals surface area (Å²) < 4.78 is 5.96. The van der Waals surface area contributed by atoms with Crippen molar-refractivity contribution in [2.24, 2.45) is 0 Å². The molecule has 1 unspecified atom stereocenters. The molecule has 3 aliphatic rings. The molecule has 0 saturated carbocycles. The molecule has 0 N–H and O–H groups in total. The zero-order valence-electron chi connectivity index (χ0n) is 16.3. The predicted octanol–water partition coefficient (Wildman–Crippen LogP) is 2.16. The van der Waals surface area contributed by atoms with Crippen LogP contribution in [0, 0.1) is 6.92 Å². The fourth-order valence-corrected chi connectivity index (χ4v) is 5.35. The van der Waals surface area contributed by atoms with Crippen LogP contribution < -0.4 is 4.90 Å². The number of piperidine rings is 1. The minimum Gasteiger partial charge on any atom is -0.440 e. The van der Waals surface area contributed by atoms with Gasteiger partial charge in [0.05, 0.1) is 10.9 Å². The van der Waals surface area contributed by atoms with Gasteiger partial charge in [0.25, 0.3) is 5.91 Å². The number of thiophene rings is 1. The standard InChI is InChI=1S/C20H23N5O3S/c1-14-21-7-4-17(22-14)23-8-5-20(6-9-23)16-13-24(10-11-25(16)19(27)28-20)18(26)15-3-2-12-29-15/h2-4,7,12,16H,5-6,8-11,13H2,1H3. The van der Waals surface area contributed by atoms with E-state index in [1.54, 1.807) is 6.20 Å². The Labute approximate surface area is 173 Å². The smallest absolute Gasteiger partial charge is 0.410 e. The van der Waals surface area contributed by atoms with Crippen molar-refractivity contribution in [1.82, 2.24) is 19.8 Å². The fourth-order valence-electron chi connectivity index (χ4n) is 4.66. The molecule has 5 heterocycles. The molecule has 152 valence electrons. The molecule has 3 saturated heterocycles. The van der Waals surface area contributed by atoms with Crippen LogP contribution in [0.1, 0.15) is 28.3 Å². The van der Waals surface area contributed by atoms with Crippen LogP contribution in [0.5, 0.6) is 0 Å². The molecule has 29 heavy (non-hydrogen) atoms. The van der Waals surface area contributed by atoms with Crippen molar-refractivity contribution in [2.45, 2.75) is 31.4 Å². The number of piperazine rings is 1. The topological polar surface area (TPSA) is 78.9 Å². The first-order chi connectivity index (χ1) is 14.1. The first-order valence-electron chi connectivity index (χ1n) is 9.93. The molecular formula is C20H23N5O3S. The Morgan fingerprint density at radius 3 is 2.79 bits per heavy atom. The van der Waals surface area contributed by atoms with Gasteiger partial charge in [0, 0.05) is 51.8 Å². The molecule has 2 amide bonds. The number of hydrogen-bond acceptors (Lipinski definition) is 7. The molecule has 3 fully saturated rings. The normalized spacial score (nSPS) is 23.3. The molecule has 1 atom stereocenters. The third-order valence-corrected chi connectivity index (χ3v) is 7.08. The molecule has 5 rings (SSSR count). The molecule has 1 spiro atoms. The van der Waals surface area contributed by atoms with E-state index in [1.807, 2.05) is 40.3 Å². The average molecular weight is 414 g/mol. The Bertz CT molecular complexity index is 926. The van der Waals surface area contributed by atoms with Crippen molar-refractivity contribution in [2.75, 3.05) is 37.6 Å². The maximum atomic E-state index is 12.8. The summed E-state index contributed by atoms with van der Waals surface area (Å²) in [7, 11) is 0. The van der Waals surface area contributed by atoms with Gasteiger partial charge in [-0.25, -0.2) is 14.8 Å². The van der Waals surface area contributed by atoms with Gasteiger partial charge in [-0.2, -0.15) is 0 Å². The average Bonchev–Trinajstić information content (AvgIpc) is 3.36. The largest absolute Gasteiger partial charge is 0.440 e.